The number of carbonyl (C=O) groups excluding carboxylic acids is 3. The van der Waals surface area contributed by atoms with Gasteiger partial charge in [0, 0.05) is 26.6 Å². The van der Waals surface area contributed by atoms with Crippen LogP contribution in [0.1, 0.15) is 59.3 Å². The van der Waals surface area contributed by atoms with Crippen molar-refractivity contribution in [1.29, 1.82) is 0 Å². The summed E-state index contributed by atoms with van der Waals surface area (Å²) in [4.78, 5) is 35.5. The minimum absolute atomic E-state index is 0. The molecular formula is C22H36FNO8S. The van der Waals surface area contributed by atoms with E-state index in [2.05, 4.69) is 5.32 Å². The number of unbranched alkanes of at least 4 members (excludes halogenated alkanes) is 2. The third kappa shape index (κ3) is 13.7. The van der Waals surface area contributed by atoms with Gasteiger partial charge in [-0.1, -0.05) is 26.0 Å². The summed E-state index contributed by atoms with van der Waals surface area (Å²) in [6, 6.07) is 5.44. The third-order valence-electron chi connectivity index (χ3n) is 4.55. The highest BCUT2D eigenvalue weighted by atomic mass is 32.2. The lowest BCUT2D eigenvalue weighted by Crippen LogP contribution is -2.28. The Morgan fingerprint density at radius 1 is 1.06 bits per heavy atom. The number of carbonyl (C=O) groups is 3. The molecule has 0 spiro atoms. The van der Waals surface area contributed by atoms with E-state index in [4.69, 9.17) is 9.47 Å². The number of nitrogens with one attached hydrogen (secondary N) is 1. The lowest BCUT2D eigenvalue weighted by atomic mass is 10.0. The van der Waals surface area contributed by atoms with Crippen molar-refractivity contribution in [2.24, 2.45) is 5.92 Å². The van der Waals surface area contributed by atoms with Crippen LogP contribution in [-0.2, 0) is 34.0 Å². The van der Waals surface area contributed by atoms with E-state index < -0.39 is 32.8 Å². The topological polar surface area (TPSA) is 136 Å². The van der Waals surface area contributed by atoms with Gasteiger partial charge in [-0.2, -0.15) is 8.42 Å². The van der Waals surface area contributed by atoms with Crippen molar-refractivity contribution in [1.82, 2.24) is 0 Å². The Morgan fingerprint density at radius 2 is 1.73 bits per heavy atom. The van der Waals surface area contributed by atoms with Gasteiger partial charge in [-0.25, -0.2) is 0 Å². The summed E-state index contributed by atoms with van der Waals surface area (Å²) < 4.78 is 42.6. The van der Waals surface area contributed by atoms with Crippen LogP contribution >= 0.6 is 0 Å². The number of anilines is 1. The molecule has 1 unspecified atom stereocenters. The molecular weight excluding hydrogens is 457 g/mol. The van der Waals surface area contributed by atoms with Crippen LogP contribution in [0.2, 0.25) is 0 Å². The summed E-state index contributed by atoms with van der Waals surface area (Å²) in [7, 11) is -2.92. The first-order chi connectivity index (χ1) is 14.6. The molecule has 1 aromatic carbocycles. The molecule has 0 radical (unpaired) electrons. The number of esters is 1. The number of ketones is 1. The number of ether oxygens (including phenoxy) is 2. The molecule has 11 heteroatoms. The van der Waals surface area contributed by atoms with Crippen molar-refractivity contribution in [2.75, 3.05) is 25.6 Å². The lowest BCUT2D eigenvalue weighted by Gasteiger charge is -2.18. The van der Waals surface area contributed by atoms with Gasteiger partial charge < -0.3 is 19.6 Å². The molecule has 1 amide bonds. The summed E-state index contributed by atoms with van der Waals surface area (Å²) >= 11 is 0. The predicted octanol–water partition coefficient (Wildman–Crippen LogP) is 3.79. The van der Waals surface area contributed by atoms with Gasteiger partial charge >= 0.3 is 5.97 Å². The third-order valence-corrected chi connectivity index (χ3v) is 5.46. The average Bonchev–Trinajstić information content (AvgIpc) is 2.69. The minimum Gasteiger partial charge on any atom is -0.465 e. The van der Waals surface area contributed by atoms with Crippen LogP contribution in [0.25, 0.3) is 0 Å². The summed E-state index contributed by atoms with van der Waals surface area (Å²) in [6.45, 7) is 1.88. The molecule has 0 saturated heterocycles. The van der Waals surface area contributed by atoms with E-state index in [0.717, 1.165) is 12.8 Å². The van der Waals surface area contributed by atoms with Crippen LogP contribution in [0.3, 0.4) is 0 Å². The average molecular weight is 494 g/mol. The molecule has 0 aliphatic rings. The summed E-state index contributed by atoms with van der Waals surface area (Å²) in [5.74, 6) is -1.79. The van der Waals surface area contributed by atoms with Gasteiger partial charge in [-0.3, -0.25) is 18.8 Å². The Bertz CT molecular complexity index is 845. The van der Waals surface area contributed by atoms with E-state index in [9.17, 15) is 27.4 Å². The molecule has 0 aliphatic heterocycles. The van der Waals surface area contributed by atoms with E-state index in [-0.39, 0.29) is 49.5 Å². The molecule has 190 valence electrons. The molecule has 33 heavy (non-hydrogen) atoms. The zero-order valence-electron chi connectivity index (χ0n) is 18.4. The first-order valence-electron chi connectivity index (χ1n) is 10.2. The van der Waals surface area contributed by atoms with Crippen molar-refractivity contribution in [3.05, 3.63) is 24.3 Å². The Balaban J connectivity index is 0. The van der Waals surface area contributed by atoms with Crippen LogP contribution in [0, 0.1) is 5.92 Å². The maximum atomic E-state index is 12.7. The fourth-order valence-corrected chi connectivity index (χ4v) is 3.52. The smallest absolute Gasteiger partial charge is 0.305 e. The van der Waals surface area contributed by atoms with Crippen molar-refractivity contribution >= 4 is 33.5 Å². The fourth-order valence-electron chi connectivity index (χ4n) is 2.88. The highest BCUT2D eigenvalue weighted by Crippen LogP contribution is 2.22. The van der Waals surface area contributed by atoms with Crippen LogP contribution in [0.15, 0.2) is 29.2 Å². The van der Waals surface area contributed by atoms with Gasteiger partial charge in [0.15, 0.2) is 0 Å². The largest absolute Gasteiger partial charge is 0.465 e. The van der Waals surface area contributed by atoms with Gasteiger partial charge in [-0.05, 0) is 44.7 Å². The quantitative estimate of drug-likeness (QED) is 0.214. The summed E-state index contributed by atoms with van der Waals surface area (Å²) in [5.41, 5.74) is -0.0731. The zero-order valence-corrected chi connectivity index (χ0v) is 19.2. The molecule has 1 rings (SSSR count). The van der Waals surface area contributed by atoms with Crippen LogP contribution in [0.5, 0.6) is 0 Å². The number of methoxy groups -OCH3 is 1. The molecule has 1 aromatic rings. The predicted molar refractivity (Wildman–Crippen MR) is 123 cm³/mol. The van der Waals surface area contributed by atoms with Crippen LogP contribution < -0.4 is 5.32 Å². The first kappa shape index (κ1) is 32.8. The molecule has 0 fully saturated rings. The summed E-state index contributed by atoms with van der Waals surface area (Å²) in [6.07, 6.45) is 3.49. The Kier molecular flexibility index (Phi) is 17.1. The number of Topliss-reactive ketones (excluding diaryl/α,β-unsaturated/α-hetero) is 1. The first-order valence-corrected chi connectivity index (χ1v) is 11.6. The van der Waals surface area contributed by atoms with Gasteiger partial charge in [0.25, 0.3) is 10.1 Å². The van der Waals surface area contributed by atoms with E-state index in [1.54, 1.807) is 7.11 Å². The fraction of sp³-hybridized carbons (Fsp3) is 0.591. The van der Waals surface area contributed by atoms with Crippen molar-refractivity contribution in [3.8, 4) is 0 Å². The number of halogens is 1. The standard InChI is InChI=1S/C21H31NO8S.CH4.FH/c1-16(23)9-8-10-17(15-30-20(24)13-4-3-7-14-29-2)21(25)22-18-11-5-6-12-19(18)31(26,27)28;;/h5-6,11-12,17H,3-4,7-10,13-15H2,1-2H3,(H,22,25)(H,26,27,28);1H4;1H. The zero-order chi connectivity index (χ0) is 23.3. The molecule has 0 aromatic heterocycles. The van der Waals surface area contributed by atoms with Crippen LogP contribution in [0.4, 0.5) is 10.4 Å². The molecule has 9 nitrogen and oxygen atoms in total. The number of para-hydroxylation sites is 1. The Labute approximate surface area is 195 Å². The van der Waals surface area contributed by atoms with E-state index in [1.165, 1.54) is 31.2 Å². The monoisotopic (exact) mass is 493 g/mol. The molecule has 0 bridgehead atoms. The lowest BCUT2D eigenvalue weighted by molar-refractivity contribution is -0.146. The second kappa shape index (κ2) is 17.2. The second-order valence-corrected chi connectivity index (χ2v) is 8.63. The van der Waals surface area contributed by atoms with Gasteiger partial charge in [0.1, 0.15) is 17.3 Å². The van der Waals surface area contributed by atoms with Gasteiger partial charge in [-0.15, -0.1) is 0 Å². The molecule has 0 heterocycles. The Hall–Kier alpha value is -2.37. The van der Waals surface area contributed by atoms with Crippen molar-refractivity contribution in [2.45, 2.75) is 64.2 Å². The second-order valence-electron chi connectivity index (χ2n) is 7.24. The molecule has 1 atom stereocenters. The summed E-state index contributed by atoms with van der Waals surface area (Å²) in [5, 5.41) is 2.48. The van der Waals surface area contributed by atoms with Crippen molar-refractivity contribution in [3.63, 3.8) is 0 Å². The molecule has 0 aliphatic carbocycles. The van der Waals surface area contributed by atoms with Crippen molar-refractivity contribution < 1.29 is 41.5 Å². The number of hydrogen-bond acceptors (Lipinski definition) is 7. The normalized spacial score (nSPS) is 11.5. The molecule has 0 saturated carbocycles. The highest BCUT2D eigenvalue weighted by Gasteiger charge is 2.23. The van der Waals surface area contributed by atoms with E-state index in [0.29, 0.717) is 19.4 Å². The molecule has 2 N–H and O–H groups in total. The SMILES string of the molecule is C.COCCCCCC(=O)OCC(CCCC(C)=O)C(=O)Nc1ccccc1S(=O)(=O)O.F. The van der Waals surface area contributed by atoms with E-state index in [1.807, 2.05) is 0 Å². The number of amides is 1. The maximum absolute atomic E-state index is 12.7. The highest BCUT2D eigenvalue weighted by molar-refractivity contribution is 7.86. The minimum atomic E-state index is -4.53. The Morgan fingerprint density at radius 3 is 2.33 bits per heavy atom. The number of benzene rings is 1. The number of rotatable bonds is 15. The number of hydrogen-bond donors (Lipinski definition) is 2. The van der Waals surface area contributed by atoms with Crippen LogP contribution in [-0.4, -0.2) is 51.0 Å². The van der Waals surface area contributed by atoms with Gasteiger partial charge in [0.05, 0.1) is 11.6 Å². The maximum Gasteiger partial charge on any atom is 0.305 e. The van der Waals surface area contributed by atoms with Gasteiger partial charge in [0.2, 0.25) is 5.91 Å². The van der Waals surface area contributed by atoms with E-state index >= 15 is 0 Å².